The van der Waals surface area contributed by atoms with Crippen molar-refractivity contribution >= 4 is 81.0 Å². The molecule has 1 fully saturated rings. The van der Waals surface area contributed by atoms with E-state index in [1.54, 1.807) is 35.6 Å². The van der Waals surface area contributed by atoms with Gasteiger partial charge < -0.3 is 15.2 Å². The van der Waals surface area contributed by atoms with Crippen molar-refractivity contribution in [2.24, 2.45) is 0 Å². The summed E-state index contributed by atoms with van der Waals surface area (Å²) in [6, 6.07) is 18.3. The summed E-state index contributed by atoms with van der Waals surface area (Å²) in [5, 5.41) is 14.1. The Kier molecular flexibility index (Phi) is 12.5. The minimum atomic E-state index is -0.844. The average Bonchev–Trinajstić information content (AvgIpc) is 3.59. The molecule has 0 atom stereocenters. The molecule has 222 valence electrons. The maximum absolute atomic E-state index is 12.1. The van der Waals surface area contributed by atoms with Crippen LogP contribution >= 0.6 is 69.1 Å². The molecule has 1 aliphatic rings. The molecular weight excluding hydrogens is 658 g/mol. The van der Waals surface area contributed by atoms with E-state index < -0.39 is 5.97 Å². The molecule has 0 radical (unpaired) electrons. The Morgan fingerprint density at radius 3 is 1.71 bits per heavy atom. The maximum Gasteiger partial charge on any atom is 0.308 e. The minimum Gasteiger partial charge on any atom is -0.481 e. The Bertz CT molecular complexity index is 1480. The highest BCUT2D eigenvalue weighted by molar-refractivity contribution is 7.16. The molecular formula is C30H28Cl4N2O4S2. The molecule has 0 aliphatic carbocycles. The second-order valence-electron chi connectivity index (χ2n) is 9.28. The molecule has 2 aromatic heterocycles. The second kappa shape index (κ2) is 16.1. The molecule has 6 nitrogen and oxygen atoms in total. The van der Waals surface area contributed by atoms with Gasteiger partial charge in [-0.2, -0.15) is 0 Å². The van der Waals surface area contributed by atoms with Crippen molar-refractivity contribution in [2.75, 3.05) is 39.4 Å². The number of carboxylic acids is 1. The molecule has 5 rings (SSSR count). The van der Waals surface area contributed by atoms with Gasteiger partial charge in [-0.05, 0) is 48.5 Å². The quantitative estimate of drug-likeness (QED) is 0.186. The monoisotopic (exact) mass is 684 g/mol. The van der Waals surface area contributed by atoms with Gasteiger partial charge in [-0.3, -0.25) is 14.5 Å². The third-order valence-corrected chi connectivity index (χ3v) is 9.72. The van der Waals surface area contributed by atoms with Crippen LogP contribution in [0.1, 0.15) is 9.75 Å². The van der Waals surface area contributed by atoms with Crippen molar-refractivity contribution in [1.82, 2.24) is 10.2 Å². The highest BCUT2D eigenvalue weighted by Crippen LogP contribution is 2.39. The van der Waals surface area contributed by atoms with E-state index >= 15 is 0 Å². The number of carbonyl (C=O) groups is 2. The molecule has 42 heavy (non-hydrogen) atoms. The Morgan fingerprint density at radius 1 is 0.762 bits per heavy atom. The smallest absolute Gasteiger partial charge is 0.308 e. The summed E-state index contributed by atoms with van der Waals surface area (Å²) in [4.78, 5) is 28.7. The van der Waals surface area contributed by atoms with Gasteiger partial charge in [0, 0.05) is 56.8 Å². The Hall–Kier alpha value is -2.14. The first kappa shape index (κ1) is 32.8. The molecule has 2 N–H and O–H groups in total. The van der Waals surface area contributed by atoms with Crippen molar-refractivity contribution in [2.45, 2.75) is 12.8 Å². The number of morpholine rings is 1. The van der Waals surface area contributed by atoms with Gasteiger partial charge >= 0.3 is 5.97 Å². The number of hydrogen-bond donors (Lipinski definition) is 2. The number of nitrogens with zero attached hydrogens (tertiary/aromatic N) is 1. The fourth-order valence-corrected chi connectivity index (χ4v) is 7.81. The number of carbonyl (C=O) groups excluding carboxylic acids is 1. The van der Waals surface area contributed by atoms with Gasteiger partial charge in [0.05, 0.1) is 46.1 Å². The van der Waals surface area contributed by atoms with Gasteiger partial charge in [0.1, 0.15) is 0 Å². The summed E-state index contributed by atoms with van der Waals surface area (Å²) < 4.78 is 5.32. The number of amides is 1. The lowest BCUT2D eigenvalue weighted by molar-refractivity contribution is -0.136. The molecule has 1 saturated heterocycles. The summed E-state index contributed by atoms with van der Waals surface area (Å²) in [6.45, 7) is 4.94. The fourth-order valence-electron chi connectivity index (χ4n) is 4.23. The lowest BCUT2D eigenvalue weighted by Gasteiger charge is -2.26. The lowest BCUT2D eigenvalue weighted by Crippen LogP contribution is -2.41. The third-order valence-electron chi connectivity index (χ3n) is 6.26. The van der Waals surface area contributed by atoms with Crippen LogP contribution in [0.2, 0.25) is 20.1 Å². The molecule has 3 heterocycles. The molecule has 0 bridgehead atoms. The van der Waals surface area contributed by atoms with Crippen molar-refractivity contribution < 1.29 is 19.4 Å². The average molecular weight is 687 g/mol. The molecule has 12 heteroatoms. The van der Waals surface area contributed by atoms with E-state index in [0.717, 1.165) is 63.5 Å². The summed E-state index contributed by atoms with van der Waals surface area (Å²) in [5.74, 6) is -0.810. The van der Waals surface area contributed by atoms with Crippen molar-refractivity contribution in [3.8, 4) is 20.9 Å². The number of aliphatic carboxylic acids is 1. The first-order chi connectivity index (χ1) is 20.2. The summed E-state index contributed by atoms with van der Waals surface area (Å²) in [5.41, 5.74) is 1.59. The van der Waals surface area contributed by atoms with Crippen LogP contribution < -0.4 is 5.32 Å². The Morgan fingerprint density at radius 2 is 1.24 bits per heavy atom. The second-order valence-corrected chi connectivity index (χ2v) is 13.2. The van der Waals surface area contributed by atoms with Gasteiger partial charge in [-0.1, -0.05) is 58.5 Å². The van der Waals surface area contributed by atoms with E-state index in [-0.39, 0.29) is 12.3 Å². The molecule has 1 aliphatic heterocycles. The van der Waals surface area contributed by atoms with Crippen LogP contribution in [0.5, 0.6) is 0 Å². The summed E-state index contributed by atoms with van der Waals surface area (Å²) in [7, 11) is 0. The summed E-state index contributed by atoms with van der Waals surface area (Å²) in [6.07, 6.45) is 0.391. The van der Waals surface area contributed by atoms with E-state index in [1.807, 2.05) is 36.4 Å². The predicted molar refractivity (Wildman–Crippen MR) is 175 cm³/mol. The van der Waals surface area contributed by atoms with E-state index in [0.29, 0.717) is 33.1 Å². The van der Waals surface area contributed by atoms with Gasteiger partial charge in [0.2, 0.25) is 5.91 Å². The van der Waals surface area contributed by atoms with Crippen molar-refractivity contribution in [3.05, 3.63) is 90.5 Å². The standard InChI is InChI=1S/C18H20Cl2N2O2S.C12H8Cl2O2S/c19-14-2-1-3-15(20)18(14)16-5-4-13(25-16)12-17(23)21-6-7-22-8-10-24-11-9-22;13-8-2-1-3-9(14)12(8)10-5-4-7(17-10)6-11(15)16/h1-5H,6-12H2,(H,21,23);1-5H,6H2,(H,15,16). The number of hydrogen-bond acceptors (Lipinski definition) is 6. The number of halogens is 4. The molecule has 2 aromatic carbocycles. The van der Waals surface area contributed by atoms with Gasteiger partial charge in [-0.15, -0.1) is 22.7 Å². The zero-order valence-corrected chi connectivity index (χ0v) is 27.0. The highest BCUT2D eigenvalue weighted by Gasteiger charge is 2.14. The zero-order chi connectivity index (χ0) is 30.1. The number of benzene rings is 2. The van der Waals surface area contributed by atoms with Crippen LogP contribution in [0.25, 0.3) is 20.9 Å². The molecule has 4 aromatic rings. The number of carboxylic acid groups (broad SMARTS) is 1. The van der Waals surface area contributed by atoms with Crippen LogP contribution in [0, 0.1) is 0 Å². The third kappa shape index (κ3) is 9.43. The topological polar surface area (TPSA) is 78.9 Å². The number of ether oxygens (including phenoxy) is 1. The van der Waals surface area contributed by atoms with Gasteiger partial charge in [-0.25, -0.2) is 0 Å². The van der Waals surface area contributed by atoms with E-state index in [1.165, 1.54) is 11.3 Å². The molecule has 0 unspecified atom stereocenters. The van der Waals surface area contributed by atoms with E-state index in [4.69, 9.17) is 56.2 Å². The van der Waals surface area contributed by atoms with Crippen LogP contribution in [-0.2, 0) is 27.2 Å². The predicted octanol–water partition coefficient (Wildman–Crippen LogP) is 8.06. The maximum atomic E-state index is 12.1. The minimum absolute atomic E-state index is 0.0206. The summed E-state index contributed by atoms with van der Waals surface area (Å²) >= 11 is 27.6. The SMILES string of the molecule is O=C(Cc1ccc(-c2c(Cl)cccc2Cl)s1)NCCN1CCOCC1.O=C(O)Cc1ccc(-c2c(Cl)cccc2Cl)s1. The fraction of sp³-hybridized carbons (Fsp3) is 0.267. The normalized spacial score (nSPS) is 13.3. The van der Waals surface area contributed by atoms with Crippen molar-refractivity contribution in [1.29, 1.82) is 0 Å². The molecule has 0 spiro atoms. The van der Waals surface area contributed by atoms with E-state index in [9.17, 15) is 9.59 Å². The Balaban J connectivity index is 0.000000208. The van der Waals surface area contributed by atoms with Crippen LogP contribution in [0.4, 0.5) is 0 Å². The Labute approximate surface area is 272 Å². The van der Waals surface area contributed by atoms with Gasteiger partial charge in [0.25, 0.3) is 0 Å². The van der Waals surface area contributed by atoms with Crippen LogP contribution in [0.15, 0.2) is 60.7 Å². The zero-order valence-electron chi connectivity index (χ0n) is 22.4. The molecule has 0 saturated carbocycles. The number of nitrogens with one attached hydrogen (secondary N) is 1. The highest BCUT2D eigenvalue weighted by atomic mass is 35.5. The number of rotatable bonds is 9. The first-order valence-electron chi connectivity index (χ1n) is 13.1. The molecule has 1 amide bonds. The van der Waals surface area contributed by atoms with Crippen LogP contribution in [-0.4, -0.2) is 61.3 Å². The van der Waals surface area contributed by atoms with E-state index in [2.05, 4.69) is 10.2 Å². The first-order valence-corrected chi connectivity index (χ1v) is 16.2. The van der Waals surface area contributed by atoms with Gasteiger partial charge in [0.15, 0.2) is 0 Å². The lowest BCUT2D eigenvalue weighted by atomic mass is 10.2. The largest absolute Gasteiger partial charge is 0.481 e. The van der Waals surface area contributed by atoms with Crippen LogP contribution in [0.3, 0.4) is 0 Å². The number of thiophene rings is 2. The van der Waals surface area contributed by atoms with Crippen molar-refractivity contribution in [3.63, 3.8) is 0 Å².